The van der Waals surface area contributed by atoms with Crippen LogP contribution in [0.3, 0.4) is 0 Å². The van der Waals surface area contributed by atoms with Gasteiger partial charge in [0, 0.05) is 6.07 Å². The van der Waals surface area contributed by atoms with E-state index in [1.807, 2.05) is 0 Å². The third-order valence-corrected chi connectivity index (χ3v) is 2.44. The van der Waals surface area contributed by atoms with E-state index >= 15 is 0 Å². The molecule has 0 N–H and O–H groups in total. The van der Waals surface area contributed by atoms with E-state index in [4.69, 9.17) is 11.6 Å². The van der Waals surface area contributed by atoms with Crippen LogP contribution in [0.2, 0.25) is 5.02 Å². The maximum absolute atomic E-state index is 10.9. The second kappa shape index (κ2) is 3.98. The molecule has 80 valence electrons. The fourth-order valence-corrected chi connectivity index (χ4v) is 1.77. The van der Waals surface area contributed by atoms with Gasteiger partial charge in [0.15, 0.2) is 0 Å². The van der Waals surface area contributed by atoms with Crippen LogP contribution in [0, 0.1) is 10.1 Å². The monoisotopic (exact) mass is 227 g/mol. The molecular formula is C10H10ClNO3. The summed E-state index contributed by atoms with van der Waals surface area (Å²) in [6.45, 7) is 3.18. The predicted molar refractivity (Wildman–Crippen MR) is 57.2 cm³/mol. The standard InChI is InChI=1S/C10H10ClNO3/c1-10(2,6-13)9-7(11)4-3-5-8(9)12(14)15/h3-6H,1-2H3. The Labute approximate surface area is 92.0 Å². The van der Waals surface area contributed by atoms with Gasteiger partial charge in [-0.3, -0.25) is 10.1 Å². The highest BCUT2D eigenvalue weighted by Crippen LogP contribution is 2.35. The molecule has 0 radical (unpaired) electrons. The summed E-state index contributed by atoms with van der Waals surface area (Å²) in [5.74, 6) is 0. The lowest BCUT2D eigenvalue weighted by molar-refractivity contribution is -0.385. The normalized spacial score (nSPS) is 11.1. The van der Waals surface area contributed by atoms with E-state index < -0.39 is 10.3 Å². The van der Waals surface area contributed by atoms with Crippen molar-refractivity contribution in [2.24, 2.45) is 0 Å². The van der Waals surface area contributed by atoms with Gasteiger partial charge < -0.3 is 4.79 Å². The number of nitro benzene ring substituents is 1. The molecule has 0 fully saturated rings. The first-order valence-electron chi connectivity index (χ1n) is 4.30. The highest BCUT2D eigenvalue weighted by atomic mass is 35.5. The van der Waals surface area contributed by atoms with Crippen LogP contribution < -0.4 is 0 Å². The molecule has 1 rings (SSSR count). The second-order valence-corrected chi connectivity index (χ2v) is 4.14. The number of rotatable bonds is 3. The maximum atomic E-state index is 10.9. The summed E-state index contributed by atoms with van der Waals surface area (Å²) < 4.78 is 0. The van der Waals surface area contributed by atoms with Gasteiger partial charge in [0.05, 0.1) is 20.9 Å². The number of nitro groups is 1. The topological polar surface area (TPSA) is 60.2 Å². The fraction of sp³-hybridized carbons (Fsp3) is 0.300. The maximum Gasteiger partial charge on any atom is 0.275 e. The Morgan fingerprint density at radius 1 is 1.47 bits per heavy atom. The minimum Gasteiger partial charge on any atom is -0.302 e. The summed E-state index contributed by atoms with van der Waals surface area (Å²) in [5.41, 5.74) is -0.827. The van der Waals surface area contributed by atoms with Crippen molar-refractivity contribution >= 4 is 23.6 Å². The van der Waals surface area contributed by atoms with Crippen molar-refractivity contribution in [3.05, 3.63) is 38.9 Å². The zero-order chi connectivity index (χ0) is 11.6. The molecule has 0 aromatic heterocycles. The van der Waals surface area contributed by atoms with Crippen molar-refractivity contribution in [2.75, 3.05) is 0 Å². The number of carbonyl (C=O) groups is 1. The summed E-state index contributed by atoms with van der Waals surface area (Å²) in [6, 6.07) is 4.37. The van der Waals surface area contributed by atoms with Crippen LogP contribution in [0.5, 0.6) is 0 Å². The van der Waals surface area contributed by atoms with E-state index in [0.29, 0.717) is 6.29 Å². The molecule has 0 atom stereocenters. The number of nitrogens with zero attached hydrogens (tertiary/aromatic N) is 1. The molecule has 4 nitrogen and oxygen atoms in total. The Bertz CT molecular complexity index is 415. The zero-order valence-electron chi connectivity index (χ0n) is 8.36. The number of halogens is 1. The fourth-order valence-electron chi connectivity index (χ4n) is 1.36. The molecule has 0 heterocycles. The highest BCUT2D eigenvalue weighted by Gasteiger charge is 2.30. The van der Waals surface area contributed by atoms with E-state index in [0.717, 1.165) is 0 Å². The van der Waals surface area contributed by atoms with E-state index in [1.54, 1.807) is 13.8 Å². The largest absolute Gasteiger partial charge is 0.302 e. The van der Waals surface area contributed by atoms with Gasteiger partial charge in [-0.1, -0.05) is 17.7 Å². The van der Waals surface area contributed by atoms with E-state index in [9.17, 15) is 14.9 Å². The number of aldehydes is 1. The van der Waals surface area contributed by atoms with E-state index in [2.05, 4.69) is 0 Å². The molecule has 0 aliphatic carbocycles. The quantitative estimate of drug-likeness (QED) is 0.453. The molecule has 1 aromatic carbocycles. The van der Waals surface area contributed by atoms with Gasteiger partial charge >= 0.3 is 0 Å². The molecule has 0 unspecified atom stereocenters. The summed E-state index contributed by atoms with van der Waals surface area (Å²) in [6.07, 6.45) is 0.654. The Morgan fingerprint density at radius 3 is 2.53 bits per heavy atom. The average Bonchev–Trinajstić information content (AvgIpc) is 2.17. The Hall–Kier alpha value is -1.42. The number of carbonyl (C=O) groups excluding carboxylic acids is 1. The smallest absolute Gasteiger partial charge is 0.275 e. The first-order valence-corrected chi connectivity index (χ1v) is 4.67. The molecule has 0 spiro atoms. The minimum atomic E-state index is -0.958. The van der Waals surface area contributed by atoms with Gasteiger partial charge in [-0.25, -0.2) is 0 Å². The molecule has 1 aromatic rings. The van der Waals surface area contributed by atoms with Crippen molar-refractivity contribution in [1.82, 2.24) is 0 Å². The van der Waals surface area contributed by atoms with Gasteiger partial charge in [-0.15, -0.1) is 0 Å². The molecule has 5 heteroatoms. The van der Waals surface area contributed by atoms with Crippen LogP contribution in [-0.2, 0) is 10.2 Å². The summed E-state index contributed by atoms with van der Waals surface area (Å²) in [7, 11) is 0. The molecule has 0 amide bonds. The number of benzene rings is 1. The first kappa shape index (κ1) is 11.7. The van der Waals surface area contributed by atoms with Crippen LogP contribution >= 0.6 is 11.6 Å². The molecular weight excluding hydrogens is 218 g/mol. The molecule has 0 aliphatic heterocycles. The molecule has 0 saturated carbocycles. The van der Waals surface area contributed by atoms with Gasteiger partial charge in [-0.05, 0) is 19.9 Å². The van der Waals surface area contributed by atoms with Crippen LogP contribution in [-0.4, -0.2) is 11.2 Å². The summed E-state index contributed by atoms with van der Waals surface area (Å²) in [5, 5.41) is 11.0. The molecule has 15 heavy (non-hydrogen) atoms. The van der Waals surface area contributed by atoms with Crippen LogP contribution in [0.1, 0.15) is 19.4 Å². The number of hydrogen-bond acceptors (Lipinski definition) is 3. The summed E-state index contributed by atoms with van der Waals surface area (Å²) >= 11 is 5.87. The first-order chi connectivity index (χ1) is 6.90. The van der Waals surface area contributed by atoms with Crippen LogP contribution in [0.4, 0.5) is 5.69 Å². The highest BCUT2D eigenvalue weighted by molar-refractivity contribution is 6.32. The van der Waals surface area contributed by atoms with Crippen molar-refractivity contribution in [3.63, 3.8) is 0 Å². The van der Waals surface area contributed by atoms with E-state index in [1.165, 1.54) is 18.2 Å². The van der Waals surface area contributed by atoms with Gasteiger partial charge in [0.2, 0.25) is 0 Å². The van der Waals surface area contributed by atoms with Gasteiger partial charge in [0.25, 0.3) is 5.69 Å². The molecule has 0 aliphatic rings. The van der Waals surface area contributed by atoms with Gasteiger partial charge in [0.1, 0.15) is 6.29 Å². The van der Waals surface area contributed by atoms with Crippen molar-refractivity contribution in [2.45, 2.75) is 19.3 Å². The third kappa shape index (κ3) is 2.15. The second-order valence-electron chi connectivity index (χ2n) is 3.73. The minimum absolute atomic E-state index is 0.125. The van der Waals surface area contributed by atoms with Crippen LogP contribution in [0.25, 0.3) is 0 Å². The lowest BCUT2D eigenvalue weighted by Crippen LogP contribution is -2.21. The predicted octanol–water partition coefficient (Wildman–Crippen LogP) is 2.72. The molecule has 0 bridgehead atoms. The SMILES string of the molecule is CC(C)(C=O)c1c(Cl)cccc1[N+](=O)[O-]. The van der Waals surface area contributed by atoms with Crippen LogP contribution in [0.15, 0.2) is 18.2 Å². The third-order valence-electron chi connectivity index (χ3n) is 2.13. The Morgan fingerprint density at radius 2 is 2.07 bits per heavy atom. The lowest BCUT2D eigenvalue weighted by Gasteiger charge is -2.18. The van der Waals surface area contributed by atoms with Crippen molar-refractivity contribution < 1.29 is 9.72 Å². The van der Waals surface area contributed by atoms with Gasteiger partial charge in [-0.2, -0.15) is 0 Å². The number of hydrogen-bond donors (Lipinski definition) is 0. The molecule has 0 saturated heterocycles. The average molecular weight is 228 g/mol. The lowest BCUT2D eigenvalue weighted by atomic mass is 9.85. The van der Waals surface area contributed by atoms with Crippen molar-refractivity contribution in [3.8, 4) is 0 Å². The van der Waals surface area contributed by atoms with Crippen molar-refractivity contribution in [1.29, 1.82) is 0 Å². The summed E-state index contributed by atoms with van der Waals surface area (Å²) in [4.78, 5) is 21.1. The van der Waals surface area contributed by atoms with E-state index in [-0.39, 0.29) is 16.3 Å². The zero-order valence-corrected chi connectivity index (χ0v) is 9.12. The Kier molecular flexibility index (Phi) is 3.09. The Balaban J connectivity index is 3.50.